The fourth-order valence-electron chi connectivity index (χ4n) is 1.84. The van der Waals surface area contributed by atoms with Crippen LogP contribution in [0.1, 0.15) is 22.3 Å². The third-order valence-electron chi connectivity index (χ3n) is 2.74. The van der Waals surface area contributed by atoms with E-state index in [4.69, 9.17) is 0 Å². The molecular weight excluding hydrogens is 352 g/mol. The Morgan fingerprint density at radius 2 is 1.62 bits per heavy atom. The molecule has 10 heteroatoms. The molecule has 0 aliphatic heterocycles. The van der Waals surface area contributed by atoms with Crippen molar-refractivity contribution >= 4 is 49.7 Å². The van der Waals surface area contributed by atoms with Gasteiger partial charge in [0.05, 0.1) is 11.9 Å². The van der Waals surface area contributed by atoms with Crippen LogP contribution >= 0.6 is 11.3 Å². The molecular formula is C14H16N4O4S2. The molecule has 0 atom stereocenters. The normalized spacial score (nSPS) is 11.0. The second-order valence-electron chi connectivity index (χ2n) is 5.02. The Hall–Kier alpha value is -2.46. The number of benzene rings is 1. The number of aryl methyl sites for hydroxylation is 1. The number of aromatic nitrogens is 1. The molecule has 8 nitrogen and oxygen atoms in total. The summed E-state index contributed by atoms with van der Waals surface area (Å²) in [5.41, 5.74) is 1.59. The topological polar surface area (TPSA) is 117 Å². The van der Waals surface area contributed by atoms with Gasteiger partial charge in [-0.15, -0.1) is 0 Å². The van der Waals surface area contributed by atoms with E-state index >= 15 is 0 Å². The van der Waals surface area contributed by atoms with Crippen LogP contribution in [0.25, 0.3) is 0 Å². The molecule has 0 aliphatic carbocycles. The van der Waals surface area contributed by atoms with E-state index in [1.165, 1.54) is 6.92 Å². The van der Waals surface area contributed by atoms with Gasteiger partial charge in [0.25, 0.3) is 5.91 Å². The van der Waals surface area contributed by atoms with Crippen molar-refractivity contribution in [2.45, 2.75) is 13.8 Å². The van der Waals surface area contributed by atoms with Gasteiger partial charge >= 0.3 is 0 Å². The van der Waals surface area contributed by atoms with Crippen LogP contribution in [0, 0.1) is 6.92 Å². The lowest BCUT2D eigenvalue weighted by Crippen LogP contribution is -2.11. The van der Waals surface area contributed by atoms with Gasteiger partial charge in [0, 0.05) is 18.3 Å². The highest BCUT2D eigenvalue weighted by atomic mass is 32.2. The lowest BCUT2D eigenvalue weighted by atomic mass is 10.2. The average Bonchev–Trinajstić information content (AvgIpc) is 2.79. The smallest absolute Gasteiger partial charge is 0.267 e. The van der Waals surface area contributed by atoms with E-state index in [9.17, 15) is 18.0 Å². The van der Waals surface area contributed by atoms with Gasteiger partial charge in [-0.2, -0.15) is 0 Å². The molecule has 2 amide bonds. The molecule has 0 fully saturated rings. The predicted octanol–water partition coefficient (Wildman–Crippen LogP) is 2.03. The first kappa shape index (κ1) is 17.9. The van der Waals surface area contributed by atoms with Crippen LogP contribution in [0.2, 0.25) is 0 Å². The van der Waals surface area contributed by atoms with E-state index in [1.54, 1.807) is 31.2 Å². The zero-order valence-electron chi connectivity index (χ0n) is 13.2. The molecule has 24 heavy (non-hydrogen) atoms. The quantitative estimate of drug-likeness (QED) is 0.746. The van der Waals surface area contributed by atoms with Crippen molar-refractivity contribution in [1.82, 2.24) is 4.98 Å². The molecule has 1 heterocycles. The Balaban J connectivity index is 2.11. The highest BCUT2D eigenvalue weighted by molar-refractivity contribution is 7.92. The summed E-state index contributed by atoms with van der Waals surface area (Å²) < 4.78 is 24.7. The summed E-state index contributed by atoms with van der Waals surface area (Å²) >= 11 is 0.955. The number of hydrogen-bond acceptors (Lipinski definition) is 6. The van der Waals surface area contributed by atoms with E-state index < -0.39 is 10.0 Å². The fraction of sp³-hybridized carbons (Fsp3) is 0.214. The molecule has 3 N–H and O–H groups in total. The molecule has 0 unspecified atom stereocenters. The number of amides is 2. The maximum atomic E-state index is 12.3. The molecule has 0 bridgehead atoms. The van der Waals surface area contributed by atoms with Gasteiger partial charge in [-0.05, 0) is 31.2 Å². The van der Waals surface area contributed by atoms with E-state index in [0.29, 0.717) is 21.9 Å². The Bertz CT molecular complexity index is 873. The number of rotatable bonds is 5. The third-order valence-corrected chi connectivity index (χ3v) is 4.50. The van der Waals surface area contributed by atoms with Crippen LogP contribution in [0.4, 0.5) is 16.5 Å². The van der Waals surface area contributed by atoms with Crippen LogP contribution in [0.5, 0.6) is 0 Å². The molecule has 2 rings (SSSR count). The predicted molar refractivity (Wildman–Crippen MR) is 94.0 cm³/mol. The number of nitrogens with one attached hydrogen (secondary N) is 3. The van der Waals surface area contributed by atoms with Crippen LogP contribution in [0.15, 0.2) is 24.3 Å². The Kier molecular flexibility index (Phi) is 5.20. The van der Waals surface area contributed by atoms with Crippen molar-refractivity contribution in [3.05, 3.63) is 34.8 Å². The fourth-order valence-corrected chi connectivity index (χ4v) is 3.53. The average molecular weight is 368 g/mol. The van der Waals surface area contributed by atoms with E-state index in [0.717, 1.165) is 17.6 Å². The summed E-state index contributed by atoms with van der Waals surface area (Å²) in [4.78, 5) is 27.6. The minimum Gasteiger partial charge on any atom is -0.326 e. The van der Waals surface area contributed by atoms with E-state index in [2.05, 4.69) is 20.3 Å². The maximum absolute atomic E-state index is 12.3. The number of nitrogens with zero attached hydrogens (tertiary/aromatic N) is 1. The number of hydrogen-bond donors (Lipinski definition) is 3. The number of sulfonamides is 1. The molecule has 0 saturated heterocycles. The summed E-state index contributed by atoms with van der Waals surface area (Å²) in [5, 5.41) is 5.46. The first-order chi connectivity index (χ1) is 11.1. The second kappa shape index (κ2) is 6.97. The van der Waals surface area contributed by atoms with Crippen LogP contribution < -0.4 is 15.4 Å². The van der Waals surface area contributed by atoms with Gasteiger partial charge in [-0.25, -0.2) is 13.4 Å². The summed E-state index contributed by atoms with van der Waals surface area (Å²) in [6, 6.07) is 6.62. The lowest BCUT2D eigenvalue weighted by Gasteiger charge is -2.06. The van der Waals surface area contributed by atoms with Gasteiger partial charge < -0.3 is 10.6 Å². The van der Waals surface area contributed by atoms with E-state index in [-0.39, 0.29) is 16.9 Å². The molecule has 0 aliphatic rings. The maximum Gasteiger partial charge on any atom is 0.267 e. The number of carbonyl (C=O) groups excluding carboxylic acids is 2. The third kappa shape index (κ3) is 5.03. The first-order valence-corrected chi connectivity index (χ1v) is 9.49. The minimum atomic E-state index is -3.45. The SMILES string of the molecule is CC(=O)Nc1ccc(NC(=O)c2sc(NS(C)(=O)=O)nc2C)cc1. The van der Waals surface area contributed by atoms with E-state index in [1.807, 2.05) is 0 Å². The van der Waals surface area contributed by atoms with Crippen molar-refractivity contribution in [2.75, 3.05) is 21.6 Å². The van der Waals surface area contributed by atoms with Crippen molar-refractivity contribution in [2.24, 2.45) is 0 Å². The Labute approximate surface area is 143 Å². The molecule has 1 aromatic carbocycles. The highest BCUT2D eigenvalue weighted by Gasteiger charge is 2.17. The van der Waals surface area contributed by atoms with Gasteiger partial charge in [-0.3, -0.25) is 14.3 Å². The standard InChI is InChI=1S/C14H16N4O4S2/c1-8-12(23-14(15-8)18-24(3,21)22)13(20)17-11-6-4-10(5-7-11)16-9(2)19/h4-7H,1-3H3,(H,15,18)(H,16,19)(H,17,20). The zero-order chi connectivity index (χ0) is 17.9. The first-order valence-electron chi connectivity index (χ1n) is 6.78. The van der Waals surface area contributed by atoms with Crippen molar-refractivity contribution in [3.8, 4) is 0 Å². The lowest BCUT2D eigenvalue weighted by molar-refractivity contribution is -0.114. The molecule has 0 radical (unpaired) electrons. The van der Waals surface area contributed by atoms with Crippen molar-refractivity contribution in [3.63, 3.8) is 0 Å². The number of thiazole rings is 1. The summed E-state index contributed by atoms with van der Waals surface area (Å²) in [7, 11) is -3.45. The number of anilines is 3. The van der Waals surface area contributed by atoms with Crippen molar-refractivity contribution < 1.29 is 18.0 Å². The van der Waals surface area contributed by atoms with Gasteiger partial charge in [-0.1, -0.05) is 11.3 Å². The molecule has 128 valence electrons. The summed E-state index contributed by atoms with van der Waals surface area (Å²) in [6.07, 6.45) is 1.01. The second-order valence-corrected chi connectivity index (χ2v) is 7.77. The minimum absolute atomic E-state index is 0.140. The van der Waals surface area contributed by atoms with Crippen LogP contribution in [-0.2, 0) is 14.8 Å². The monoisotopic (exact) mass is 368 g/mol. The van der Waals surface area contributed by atoms with Gasteiger partial charge in [0.1, 0.15) is 4.88 Å². The molecule has 0 saturated carbocycles. The van der Waals surface area contributed by atoms with Crippen molar-refractivity contribution in [1.29, 1.82) is 0 Å². The number of carbonyl (C=O) groups is 2. The largest absolute Gasteiger partial charge is 0.326 e. The zero-order valence-corrected chi connectivity index (χ0v) is 14.8. The summed E-state index contributed by atoms with van der Waals surface area (Å²) in [5.74, 6) is -0.572. The molecule has 1 aromatic heterocycles. The summed E-state index contributed by atoms with van der Waals surface area (Å²) in [6.45, 7) is 3.03. The van der Waals surface area contributed by atoms with Gasteiger partial charge in [0.15, 0.2) is 5.13 Å². The highest BCUT2D eigenvalue weighted by Crippen LogP contribution is 2.24. The Morgan fingerprint density at radius 3 is 2.12 bits per heavy atom. The van der Waals surface area contributed by atoms with Crippen LogP contribution in [-0.4, -0.2) is 31.5 Å². The van der Waals surface area contributed by atoms with Crippen LogP contribution in [0.3, 0.4) is 0 Å². The van der Waals surface area contributed by atoms with Gasteiger partial charge in [0.2, 0.25) is 15.9 Å². The molecule has 0 spiro atoms. The molecule has 2 aromatic rings. The Morgan fingerprint density at radius 1 is 1.08 bits per heavy atom.